The highest BCUT2D eigenvalue weighted by Crippen LogP contribution is 2.30. The van der Waals surface area contributed by atoms with Crippen LogP contribution in [-0.2, 0) is 4.74 Å². The molecule has 0 saturated carbocycles. The van der Waals surface area contributed by atoms with Gasteiger partial charge in [-0.15, -0.1) is 11.3 Å². The van der Waals surface area contributed by atoms with Crippen LogP contribution in [0.25, 0.3) is 0 Å². The van der Waals surface area contributed by atoms with Gasteiger partial charge in [-0.3, -0.25) is 0 Å². The minimum absolute atomic E-state index is 0.118. The minimum Gasteiger partial charge on any atom is -0.374 e. The lowest BCUT2D eigenvalue weighted by Gasteiger charge is -2.16. The second-order valence-electron chi connectivity index (χ2n) is 4.68. The number of ether oxygens (including phenoxy) is 1. The molecule has 0 fully saturated rings. The Hall–Kier alpha value is -0.450. The number of methoxy groups -OCH3 is 1. The van der Waals surface area contributed by atoms with E-state index in [4.69, 9.17) is 4.74 Å². The van der Waals surface area contributed by atoms with Crippen molar-refractivity contribution in [3.05, 3.63) is 16.1 Å². The first-order chi connectivity index (χ1) is 8.10. The topological polar surface area (TPSA) is 34.2 Å². The van der Waals surface area contributed by atoms with Gasteiger partial charge in [-0.25, -0.2) is 4.98 Å². The molecule has 1 aromatic heterocycles. The van der Waals surface area contributed by atoms with Crippen molar-refractivity contribution >= 4 is 11.3 Å². The Balaban J connectivity index is 2.69. The van der Waals surface area contributed by atoms with Crippen LogP contribution >= 0.6 is 11.3 Å². The van der Waals surface area contributed by atoms with E-state index in [-0.39, 0.29) is 6.10 Å². The Bertz CT molecular complexity index is 325. The minimum atomic E-state index is 0.118. The van der Waals surface area contributed by atoms with Gasteiger partial charge < -0.3 is 10.1 Å². The fourth-order valence-electron chi connectivity index (χ4n) is 1.75. The average molecular weight is 256 g/mol. The molecule has 0 spiro atoms. The quantitative estimate of drug-likeness (QED) is 0.810. The van der Waals surface area contributed by atoms with Crippen molar-refractivity contribution in [3.63, 3.8) is 0 Å². The Morgan fingerprint density at radius 2 is 2.12 bits per heavy atom. The van der Waals surface area contributed by atoms with Crippen LogP contribution in [0, 0.1) is 5.92 Å². The summed E-state index contributed by atoms with van der Waals surface area (Å²) in [5.74, 6) is 0.456. The van der Waals surface area contributed by atoms with Crippen LogP contribution in [0.3, 0.4) is 0 Å². The van der Waals surface area contributed by atoms with Crippen molar-refractivity contribution in [1.29, 1.82) is 0 Å². The van der Waals surface area contributed by atoms with E-state index in [0.29, 0.717) is 12.0 Å². The first-order valence-corrected chi connectivity index (χ1v) is 7.13. The van der Waals surface area contributed by atoms with E-state index in [0.717, 1.165) is 18.0 Å². The lowest BCUT2D eigenvalue weighted by Crippen LogP contribution is -2.18. The normalized spacial score (nSPS) is 15.2. The Kier molecular flexibility index (Phi) is 6.09. The van der Waals surface area contributed by atoms with Gasteiger partial charge in [0.25, 0.3) is 0 Å². The summed E-state index contributed by atoms with van der Waals surface area (Å²) in [6.07, 6.45) is 3.25. The molecule has 1 aromatic rings. The van der Waals surface area contributed by atoms with Crippen molar-refractivity contribution in [3.8, 4) is 0 Å². The summed E-state index contributed by atoms with van der Waals surface area (Å²) >= 11 is 1.75. The van der Waals surface area contributed by atoms with E-state index in [1.165, 1.54) is 4.88 Å². The highest BCUT2D eigenvalue weighted by Gasteiger charge is 2.19. The summed E-state index contributed by atoms with van der Waals surface area (Å²) in [5.41, 5.74) is 0. The highest BCUT2D eigenvalue weighted by molar-refractivity contribution is 7.11. The fourth-order valence-corrected chi connectivity index (χ4v) is 2.95. The molecule has 17 heavy (non-hydrogen) atoms. The van der Waals surface area contributed by atoms with Gasteiger partial charge in [-0.1, -0.05) is 20.8 Å². The molecule has 0 amide bonds. The lowest BCUT2D eigenvalue weighted by atomic mass is 10.1. The van der Waals surface area contributed by atoms with Crippen LogP contribution in [0.15, 0.2) is 6.20 Å². The molecule has 1 N–H and O–H groups in total. The molecule has 0 aliphatic carbocycles. The first kappa shape index (κ1) is 14.6. The van der Waals surface area contributed by atoms with Crippen molar-refractivity contribution < 1.29 is 4.74 Å². The number of rotatable bonds is 7. The highest BCUT2D eigenvalue weighted by atomic mass is 32.1. The van der Waals surface area contributed by atoms with Crippen LogP contribution < -0.4 is 5.32 Å². The third-order valence-corrected chi connectivity index (χ3v) is 4.01. The molecule has 2 unspecified atom stereocenters. The monoisotopic (exact) mass is 256 g/mol. The van der Waals surface area contributed by atoms with E-state index in [1.54, 1.807) is 18.4 Å². The van der Waals surface area contributed by atoms with Crippen LogP contribution in [0.2, 0.25) is 0 Å². The van der Waals surface area contributed by atoms with Crippen LogP contribution in [0.1, 0.15) is 56.1 Å². The summed E-state index contributed by atoms with van der Waals surface area (Å²) in [4.78, 5) is 5.78. The molecular weight excluding hydrogens is 232 g/mol. The molecule has 3 nitrogen and oxygen atoms in total. The predicted molar refractivity (Wildman–Crippen MR) is 73.4 cm³/mol. The van der Waals surface area contributed by atoms with Gasteiger partial charge >= 0.3 is 0 Å². The lowest BCUT2D eigenvalue weighted by molar-refractivity contribution is 0.0644. The molecule has 0 saturated heterocycles. The number of hydrogen-bond donors (Lipinski definition) is 1. The molecule has 0 radical (unpaired) electrons. The average Bonchev–Trinajstić information content (AvgIpc) is 2.75. The second kappa shape index (κ2) is 7.09. The van der Waals surface area contributed by atoms with E-state index < -0.39 is 0 Å². The number of nitrogens with zero attached hydrogens (tertiary/aromatic N) is 1. The van der Waals surface area contributed by atoms with Crippen molar-refractivity contribution in [2.45, 2.75) is 46.3 Å². The number of hydrogen-bond acceptors (Lipinski definition) is 4. The SMILES string of the molecule is CCCNC(C)c1cnc(C(OC)C(C)C)s1. The maximum absolute atomic E-state index is 5.50. The van der Waals surface area contributed by atoms with Gasteiger partial charge in [0.15, 0.2) is 0 Å². The van der Waals surface area contributed by atoms with Crippen molar-refractivity contribution in [2.24, 2.45) is 5.92 Å². The van der Waals surface area contributed by atoms with Crippen molar-refractivity contribution in [2.75, 3.05) is 13.7 Å². The zero-order valence-corrected chi connectivity index (χ0v) is 12.3. The third-order valence-electron chi connectivity index (χ3n) is 2.77. The first-order valence-electron chi connectivity index (χ1n) is 6.31. The van der Waals surface area contributed by atoms with Gasteiger partial charge in [0, 0.05) is 24.2 Å². The summed E-state index contributed by atoms with van der Waals surface area (Å²) in [6.45, 7) is 9.73. The summed E-state index contributed by atoms with van der Waals surface area (Å²) in [7, 11) is 1.75. The zero-order chi connectivity index (χ0) is 12.8. The molecule has 2 atom stereocenters. The summed E-state index contributed by atoms with van der Waals surface area (Å²) < 4.78 is 5.50. The van der Waals surface area contributed by atoms with Gasteiger partial charge in [0.05, 0.1) is 0 Å². The molecular formula is C13H24N2OS. The van der Waals surface area contributed by atoms with E-state index in [2.05, 4.69) is 38.0 Å². The fraction of sp³-hybridized carbons (Fsp3) is 0.769. The Morgan fingerprint density at radius 1 is 1.41 bits per heavy atom. The zero-order valence-electron chi connectivity index (χ0n) is 11.5. The van der Waals surface area contributed by atoms with Crippen molar-refractivity contribution in [1.82, 2.24) is 10.3 Å². The second-order valence-corrected chi connectivity index (χ2v) is 5.77. The molecule has 1 heterocycles. The summed E-state index contributed by atoms with van der Waals surface area (Å²) in [6, 6.07) is 0.380. The standard InChI is InChI=1S/C13H24N2OS/c1-6-7-14-10(4)11-8-15-13(17-11)12(16-5)9(2)3/h8-10,12,14H,6-7H2,1-5H3. The molecule has 1 rings (SSSR count). The van der Waals surface area contributed by atoms with E-state index in [1.807, 2.05) is 6.20 Å². The molecule has 0 aliphatic heterocycles. The van der Waals surface area contributed by atoms with Crippen LogP contribution in [0.5, 0.6) is 0 Å². The largest absolute Gasteiger partial charge is 0.374 e. The van der Waals surface area contributed by atoms with Gasteiger partial charge in [-0.05, 0) is 25.8 Å². The molecule has 0 aromatic carbocycles. The Morgan fingerprint density at radius 3 is 2.65 bits per heavy atom. The molecule has 4 heteroatoms. The number of aromatic nitrogens is 1. The van der Waals surface area contributed by atoms with Crippen LogP contribution in [-0.4, -0.2) is 18.6 Å². The molecule has 0 bridgehead atoms. The van der Waals surface area contributed by atoms with Gasteiger partial charge in [0.2, 0.25) is 0 Å². The summed E-state index contributed by atoms with van der Waals surface area (Å²) in [5, 5.41) is 4.56. The van der Waals surface area contributed by atoms with Crippen LogP contribution in [0.4, 0.5) is 0 Å². The molecule has 0 aliphatic rings. The van der Waals surface area contributed by atoms with Gasteiger partial charge in [0.1, 0.15) is 11.1 Å². The molecule has 98 valence electrons. The van der Waals surface area contributed by atoms with E-state index in [9.17, 15) is 0 Å². The third kappa shape index (κ3) is 4.05. The predicted octanol–water partition coefficient (Wildman–Crippen LogP) is 3.55. The van der Waals surface area contributed by atoms with E-state index >= 15 is 0 Å². The number of thiazole rings is 1. The maximum atomic E-state index is 5.50. The maximum Gasteiger partial charge on any atom is 0.122 e. The number of nitrogens with one attached hydrogen (secondary N) is 1. The van der Waals surface area contributed by atoms with Gasteiger partial charge in [-0.2, -0.15) is 0 Å². The Labute approximate surface area is 109 Å². The smallest absolute Gasteiger partial charge is 0.122 e.